The van der Waals surface area contributed by atoms with Gasteiger partial charge in [0.1, 0.15) is 0 Å². The van der Waals surface area contributed by atoms with Gasteiger partial charge < -0.3 is 9.72 Å². The zero-order valence-corrected chi connectivity index (χ0v) is 14.2. The molecule has 0 atom stereocenters. The largest absolute Gasteiger partial charge is 0.465 e. The van der Waals surface area contributed by atoms with E-state index in [0.29, 0.717) is 25.1 Å². The maximum Gasteiger partial charge on any atom is 0.337 e. The first-order valence-corrected chi connectivity index (χ1v) is 9.37. The van der Waals surface area contributed by atoms with Crippen molar-refractivity contribution < 1.29 is 22.5 Å². The van der Waals surface area contributed by atoms with Gasteiger partial charge in [0.2, 0.25) is 0 Å². The standard InChI is InChI=1S/C16H20N2O5S/c1-23-16(19)11-3-4-14-13(9-11)12-5-7-18(10-15(12)17-14)6-2-8-24(20,21)22/h3-4,9,17H,2,5-8,10H2,1H3,(H,20,21,22). The Morgan fingerprint density at radius 2 is 2.21 bits per heavy atom. The number of carbonyl (C=O) groups excluding carboxylic acids is 1. The molecule has 0 amide bonds. The Balaban J connectivity index is 1.76. The minimum Gasteiger partial charge on any atom is -0.465 e. The Bertz CT molecular complexity index is 872. The first-order valence-electron chi connectivity index (χ1n) is 7.76. The molecule has 0 unspecified atom stereocenters. The normalized spacial score (nSPS) is 15.4. The quantitative estimate of drug-likeness (QED) is 0.626. The van der Waals surface area contributed by atoms with E-state index in [9.17, 15) is 13.2 Å². The molecule has 0 fully saturated rings. The monoisotopic (exact) mass is 352 g/mol. The van der Waals surface area contributed by atoms with Gasteiger partial charge in [0, 0.05) is 29.7 Å². The number of hydrogen-bond acceptors (Lipinski definition) is 5. The number of rotatable bonds is 5. The lowest BCUT2D eigenvalue weighted by Gasteiger charge is -2.26. The van der Waals surface area contributed by atoms with E-state index in [0.717, 1.165) is 29.6 Å². The second-order valence-corrected chi connectivity index (χ2v) is 7.57. The fourth-order valence-electron chi connectivity index (χ4n) is 3.20. The summed E-state index contributed by atoms with van der Waals surface area (Å²) in [6.45, 7) is 2.12. The van der Waals surface area contributed by atoms with Crippen LogP contribution in [0.15, 0.2) is 18.2 Å². The summed E-state index contributed by atoms with van der Waals surface area (Å²) >= 11 is 0. The summed E-state index contributed by atoms with van der Waals surface area (Å²) in [6.07, 6.45) is 1.23. The fourth-order valence-corrected chi connectivity index (χ4v) is 3.70. The number of benzene rings is 1. The second kappa shape index (κ2) is 6.54. The van der Waals surface area contributed by atoms with Gasteiger partial charge in [-0.3, -0.25) is 9.45 Å². The summed E-state index contributed by atoms with van der Waals surface area (Å²) in [5.74, 6) is -0.569. The Morgan fingerprint density at radius 3 is 2.92 bits per heavy atom. The van der Waals surface area contributed by atoms with E-state index in [1.165, 1.54) is 12.7 Å². The number of H-pyrrole nitrogens is 1. The number of ether oxygens (including phenoxy) is 1. The predicted octanol–water partition coefficient (Wildman–Crippen LogP) is 1.59. The molecule has 130 valence electrons. The summed E-state index contributed by atoms with van der Waals surface area (Å²) in [4.78, 5) is 17.2. The number of hydrogen-bond donors (Lipinski definition) is 2. The van der Waals surface area contributed by atoms with Gasteiger partial charge in [0.25, 0.3) is 10.1 Å². The van der Waals surface area contributed by atoms with E-state index in [1.807, 2.05) is 12.1 Å². The van der Waals surface area contributed by atoms with E-state index < -0.39 is 10.1 Å². The van der Waals surface area contributed by atoms with Gasteiger partial charge >= 0.3 is 5.97 Å². The van der Waals surface area contributed by atoms with Gasteiger partial charge in [0.15, 0.2) is 0 Å². The first-order chi connectivity index (χ1) is 11.4. The molecular formula is C16H20N2O5S. The lowest BCUT2D eigenvalue weighted by Crippen LogP contribution is -2.32. The maximum absolute atomic E-state index is 11.7. The van der Waals surface area contributed by atoms with Crippen molar-refractivity contribution in [2.24, 2.45) is 0 Å². The lowest BCUT2D eigenvalue weighted by atomic mass is 10.0. The van der Waals surface area contributed by atoms with Gasteiger partial charge in [-0.1, -0.05) is 0 Å². The third-order valence-corrected chi connectivity index (χ3v) is 5.16. The van der Waals surface area contributed by atoms with Crippen molar-refractivity contribution in [3.8, 4) is 0 Å². The minimum atomic E-state index is -3.90. The SMILES string of the molecule is COC(=O)c1ccc2[nH]c3c(c2c1)CCN(CCCS(=O)(=O)O)C3. The van der Waals surface area contributed by atoms with Crippen LogP contribution in [-0.2, 0) is 27.8 Å². The van der Waals surface area contributed by atoms with Crippen LogP contribution in [0.1, 0.15) is 28.0 Å². The van der Waals surface area contributed by atoms with Gasteiger partial charge in [-0.25, -0.2) is 4.79 Å². The lowest BCUT2D eigenvalue weighted by molar-refractivity contribution is 0.0601. The molecule has 0 aliphatic carbocycles. The van der Waals surface area contributed by atoms with Crippen LogP contribution < -0.4 is 0 Å². The third kappa shape index (κ3) is 3.61. The number of fused-ring (bicyclic) bond motifs is 3. The van der Waals surface area contributed by atoms with E-state index in [-0.39, 0.29) is 11.7 Å². The van der Waals surface area contributed by atoms with Crippen LogP contribution in [0.4, 0.5) is 0 Å². The van der Waals surface area contributed by atoms with Crippen molar-refractivity contribution in [2.45, 2.75) is 19.4 Å². The van der Waals surface area contributed by atoms with Gasteiger partial charge in [-0.15, -0.1) is 0 Å². The molecule has 0 radical (unpaired) electrons. The predicted molar refractivity (Wildman–Crippen MR) is 89.7 cm³/mol. The number of carbonyl (C=O) groups is 1. The average Bonchev–Trinajstić information content (AvgIpc) is 2.89. The number of esters is 1. The number of aromatic nitrogens is 1. The van der Waals surface area contributed by atoms with Gasteiger partial charge in [-0.05, 0) is 43.1 Å². The van der Waals surface area contributed by atoms with Crippen molar-refractivity contribution in [1.82, 2.24) is 9.88 Å². The molecule has 2 aromatic rings. The molecule has 1 aliphatic rings. The highest BCUT2D eigenvalue weighted by Crippen LogP contribution is 2.28. The Kier molecular flexibility index (Phi) is 4.62. The van der Waals surface area contributed by atoms with Crippen molar-refractivity contribution >= 4 is 27.0 Å². The zero-order chi connectivity index (χ0) is 17.3. The van der Waals surface area contributed by atoms with Crippen LogP contribution in [-0.4, -0.2) is 54.8 Å². The molecule has 2 N–H and O–H groups in total. The highest BCUT2D eigenvalue weighted by Gasteiger charge is 2.21. The summed E-state index contributed by atoms with van der Waals surface area (Å²) in [6, 6.07) is 5.47. The molecule has 2 heterocycles. The van der Waals surface area contributed by atoms with Crippen LogP contribution >= 0.6 is 0 Å². The number of aromatic amines is 1. The van der Waals surface area contributed by atoms with E-state index in [2.05, 4.69) is 9.88 Å². The number of methoxy groups -OCH3 is 1. The Morgan fingerprint density at radius 1 is 1.42 bits per heavy atom. The molecule has 1 aliphatic heterocycles. The molecular weight excluding hydrogens is 332 g/mol. The molecule has 0 saturated heterocycles. The molecule has 1 aromatic carbocycles. The molecule has 7 nitrogen and oxygen atoms in total. The first kappa shape index (κ1) is 16.9. The summed E-state index contributed by atoms with van der Waals surface area (Å²) in [5.41, 5.74) is 3.79. The summed E-state index contributed by atoms with van der Waals surface area (Å²) in [7, 11) is -2.54. The zero-order valence-electron chi connectivity index (χ0n) is 13.4. The molecule has 0 spiro atoms. The van der Waals surface area contributed by atoms with E-state index >= 15 is 0 Å². The van der Waals surface area contributed by atoms with Crippen molar-refractivity contribution in [3.63, 3.8) is 0 Å². The van der Waals surface area contributed by atoms with Crippen LogP contribution in [0.5, 0.6) is 0 Å². The number of nitrogens with one attached hydrogen (secondary N) is 1. The highest BCUT2D eigenvalue weighted by molar-refractivity contribution is 7.85. The average molecular weight is 352 g/mol. The number of nitrogens with zero attached hydrogens (tertiary/aromatic N) is 1. The smallest absolute Gasteiger partial charge is 0.337 e. The van der Waals surface area contributed by atoms with Gasteiger partial charge in [0.05, 0.1) is 18.4 Å². The topological polar surface area (TPSA) is 99.7 Å². The Hall–Kier alpha value is -1.90. The van der Waals surface area contributed by atoms with Crippen molar-refractivity contribution in [3.05, 3.63) is 35.0 Å². The highest BCUT2D eigenvalue weighted by atomic mass is 32.2. The van der Waals surface area contributed by atoms with Crippen LogP contribution in [0.2, 0.25) is 0 Å². The molecule has 24 heavy (non-hydrogen) atoms. The van der Waals surface area contributed by atoms with E-state index in [4.69, 9.17) is 9.29 Å². The summed E-state index contributed by atoms with van der Waals surface area (Å²) in [5, 5.41) is 1.03. The van der Waals surface area contributed by atoms with E-state index in [1.54, 1.807) is 6.07 Å². The van der Waals surface area contributed by atoms with Crippen LogP contribution in [0.25, 0.3) is 10.9 Å². The third-order valence-electron chi connectivity index (χ3n) is 4.35. The fraction of sp³-hybridized carbons (Fsp3) is 0.438. The van der Waals surface area contributed by atoms with Crippen LogP contribution in [0.3, 0.4) is 0 Å². The molecule has 1 aromatic heterocycles. The van der Waals surface area contributed by atoms with Crippen LogP contribution in [0, 0.1) is 0 Å². The van der Waals surface area contributed by atoms with Crippen molar-refractivity contribution in [2.75, 3.05) is 26.0 Å². The molecule has 0 bridgehead atoms. The van der Waals surface area contributed by atoms with Gasteiger partial charge in [-0.2, -0.15) is 8.42 Å². The molecule has 3 rings (SSSR count). The summed E-state index contributed by atoms with van der Waals surface area (Å²) < 4.78 is 35.2. The minimum absolute atomic E-state index is 0.217. The Labute approximate surface area is 140 Å². The second-order valence-electron chi connectivity index (χ2n) is 6.00. The van der Waals surface area contributed by atoms with Crippen molar-refractivity contribution in [1.29, 1.82) is 0 Å². The maximum atomic E-state index is 11.7. The molecule has 0 saturated carbocycles. The molecule has 8 heteroatoms.